The molecule has 5 rings (SSSR count). The maximum Gasteiger partial charge on any atom is 0.258 e. The monoisotopic (exact) mass is 337 g/mol. The molecule has 2 aliphatic heterocycles. The highest BCUT2D eigenvalue weighted by atomic mass is 19.1. The van der Waals surface area contributed by atoms with Gasteiger partial charge in [-0.3, -0.25) is 4.79 Å². The van der Waals surface area contributed by atoms with Crippen LogP contribution in [0.5, 0.6) is 5.75 Å². The summed E-state index contributed by atoms with van der Waals surface area (Å²) in [5.74, 6) is 0.666. The summed E-state index contributed by atoms with van der Waals surface area (Å²) in [5, 5.41) is 0. The van der Waals surface area contributed by atoms with Crippen LogP contribution in [0.2, 0.25) is 0 Å². The molecule has 2 aromatic carbocycles. The summed E-state index contributed by atoms with van der Waals surface area (Å²) < 4.78 is 20.2. The first kappa shape index (κ1) is 14.9. The average molecular weight is 337 g/mol. The summed E-state index contributed by atoms with van der Waals surface area (Å²) in [4.78, 5) is 15.0. The molecular weight excluding hydrogens is 317 g/mol. The van der Waals surface area contributed by atoms with Crippen molar-refractivity contribution in [1.82, 2.24) is 0 Å². The maximum absolute atomic E-state index is 14.7. The molecule has 0 aromatic heterocycles. The van der Waals surface area contributed by atoms with E-state index in [0.29, 0.717) is 18.7 Å². The van der Waals surface area contributed by atoms with Gasteiger partial charge >= 0.3 is 0 Å². The van der Waals surface area contributed by atoms with Crippen molar-refractivity contribution in [2.75, 3.05) is 18.1 Å². The van der Waals surface area contributed by atoms with Crippen LogP contribution in [0.4, 0.5) is 10.1 Å². The van der Waals surface area contributed by atoms with Crippen LogP contribution in [0.1, 0.15) is 47.2 Å². The SMILES string of the molecule is O=C(c1ccc2c(c1)CCO2)N1CC2(CCCC2)c2c(F)cccc21. The number of benzene rings is 2. The second-order valence-electron chi connectivity index (χ2n) is 7.43. The number of ether oxygens (including phenoxy) is 1. The molecule has 1 amide bonds. The summed E-state index contributed by atoms with van der Waals surface area (Å²) in [6.07, 6.45) is 4.97. The zero-order valence-electron chi connectivity index (χ0n) is 14.1. The number of fused-ring (bicyclic) bond motifs is 3. The van der Waals surface area contributed by atoms with E-state index in [-0.39, 0.29) is 17.1 Å². The first-order chi connectivity index (χ1) is 12.2. The number of hydrogen-bond donors (Lipinski definition) is 0. The van der Waals surface area contributed by atoms with E-state index < -0.39 is 0 Å². The maximum atomic E-state index is 14.7. The molecule has 0 bridgehead atoms. The summed E-state index contributed by atoms with van der Waals surface area (Å²) >= 11 is 0. The lowest BCUT2D eigenvalue weighted by Gasteiger charge is -2.25. The number of rotatable bonds is 1. The van der Waals surface area contributed by atoms with Gasteiger partial charge in [0.2, 0.25) is 0 Å². The largest absolute Gasteiger partial charge is 0.493 e. The van der Waals surface area contributed by atoms with Crippen molar-refractivity contribution < 1.29 is 13.9 Å². The fourth-order valence-corrected chi connectivity index (χ4v) is 4.85. The van der Waals surface area contributed by atoms with Gasteiger partial charge in [-0.25, -0.2) is 4.39 Å². The summed E-state index contributed by atoms with van der Waals surface area (Å²) in [6.45, 7) is 1.27. The van der Waals surface area contributed by atoms with Crippen LogP contribution in [0, 0.1) is 5.82 Å². The number of amides is 1. The Hall–Kier alpha value is -2.36. The van der Waals surface area contributed by atoms with Gasteiger partial charge in [0, 0.05) is 29.5 Å². The van der Waals surface area contributed by atoms with Crippen molar-refractivity contribution in [2.45, 2.75) is 37.5 Å². The predicted octanol–water partition coefficient (Wildman–Crippen LogP) is 4.23. The quantitative estimate of drug-likeness (QED) is 0.779. The third-order valence-electron chi connectivity index (χ3n) is 6.02. The molecule has 3 aliphatic rings. The van der Waals surface area contributed by atoms with E-state index in [1.54, 1.807) is 11.0 Å². The van der Waals surface area contributed by atoms with Crippen LogP contribution in [0.15, 0.2) is 36.4 Å². The van der Waals surface area contributed by atoms with Gasteiger partial charge in [0.05, 0.1) is 12.3 Å². The smallest absolute Gasteiger partial charge is 0.258 e. The van der Waals surface area contributed by atoms with Crippen molar-refractivity contribution in [3.8, 4) is 5.75 Å². The molecule has 1 spiro atoms. The lowest BCUT2D eigenvalue weighted by molar-refractivity contribution is 0.0985. The fraction of sp³-hybridized carbons (Fsp3) is 0.381. The number of halogens is 1. The van der Waals surface area contributed by atoms with E-state index in [1.807, 2.05) is 24.3 Å². The van der Waals surface area contributed by atoms with E-state index in [9.17, 15) is 9.18 Å². The Balaban J connectivity index is 1.57. The Morgan fingerprint density at radius 1 is 1.16 bits per heavy atom. The van der Waals surface area contributed by atoms with Crippen molar-refractivity contribution >= 4 is 11.6 Å². The number of carbonyl (C=O) groups is 1. The van der Waals surface area contributed by atoms with Crippen LogP contribution < -0.4 is 9.64 Å². The predicted molar refractivity (Wildman–Crippen MR) is 93.9 cm³/mol. The van der Waals surface area contributed by atoms with E-state index in [0.717, 1.165) is 54.7 Å². The Labute approximate surface area is 146 Å². The molecule has 4 heteroatoms. The molecule has 0 unspecified atom stereocenters. The van der Waals surface area contributed by atoms with Crippen LogP contribution in [-0.2, 0) is 11.8 Å². The van der Waals surface area contributed by atoms with E-state index >= 15 is 0 Å². The zero-order chi connectivity index (χ0) is 17.0. The molecule has 1 saturated carbocycles. The average Bonchev–Trinajstić information content (AvgIpc) is 3.34. The molecule has 2 aromatic rings. The van der Waals surface area contributed by atoms with Crippen LogP contribution in [0.3, 0.4) is 0 Å². The lowest BCUT2D eigenvalue weighted by atomic mass is 9.80. The Morgan fingerprint density at radius 2 is 2.00 bits per heavy atom. The molecule has 0 atom stereocenters. The van der Waals surface area contributed by atoms with Gasteiger partial charge in [-0.15, -0.1) is 0 Å². The topological polar surface area (TPSA) is 29.5 Å². The fourth-order valence-electron chi connectivity index (χ4n) is 4.85. The van der Waals surface area contributed by atoms with Crippen LogP contribution >= 0.6 is 0 Å². The molecule has 1 aliphatic carbocycles. The summed E-state index contributed by atoms with van der Waals surface area (Å²) in [5.41, 5.74) is 3.06. The highest BCUT2D eigenvalue weighted by Crippen LogP contribution is 2.51. The van der Waals surface area contributed by atoms with E-state index in [4.69, 9.17) is 4.74 Å². The van der Waals surface area contributed by atoms with Gasteiger partial charge in [0.15, 0.2) is 0 Å². The van der Waals surface area contributed by atoms with Crippen molar-refractivity contribution in [3.63, 3.8) is 0 Å². The summed E-state index contributed by atoms with van der Waals surface area (Å²) in [6, 6.07) is 10.8. The van der Waals surface area contributed by atoms with Gasteiger partial charge in [-0.05, 0) is 48.7 Å². The molecule has 0 N–H and O–H groups in total. The normalized spacial score (nSPS) is 19.8. The minimum atomic E-state index is -0.198. The van der Waals surface area contributed by atoms with Crippen molar-refractivity contribution in [3.05, 3.63) is 58.9 Å². The van der Waals surface area contributed by atoms with Crippen molar-refractivity contribution in [1.29, 1.82) is 0 Å². The third-order valence-corrected chi connectivity index (χ3v) is 6.02. The minimum absolute atomic E-state index is 0.0367. The molecule has 25 heavy (non-hydrogen) atoms. The Morgan fingerprint density at radius 3 is 2.84 bits per heavy atom. The Bertz CT molecular complexity index is 870. The van der Waals surface area contributed by atoms with Gasteiger partial charge < -0.3 is 9.64 Å². The van der Waals surface area contributed by atoms with E-state index in [1.165, 1.54) is 6.07 Å². The second-order valence-corrected chi connectivity index (χ2v) is 7.43. The summed E-state index contributed by atoms with van der Waals surface area (Å²) in [7, 11) is 0. The highest BCUT2D eigenvalue weighted by molar-refractivity contribution is 6.08. The van der Waals surface area contributed by atoms with Gasteiger partial charge in [-0.1, -0.05) is 18.9 Å². The van der Waals surface area contributed by atoms with Crippen molar-refractivity contribution in [2.24, 2.45) is 0 Å². The van der Waals surface area contributed by atoms with Crippen LogP contribution in [0.25, 0.3) is 0 Å². The number of nitrogens with zero attached hydrogens (tertiary/aromatic N) is 1. The highest BCUT2D eigenvalue weighted by Gasteiger charge is 2.48. The van der Waals surface area contributed by atoms with Gasteiger partial charge in [-0.2, -0.15) is 0 Å². The molecule has 0 radical (unpaired) electrons. The zero-order valence-corrected chi connectivity index (χ0v) is 14.1. The Kier molecular flexibility index (Phi) is 3.18. The molecule has 3 nitrogen and oxygen atoms in total. The molecule has 128 valence electrons. The number of carbonyl (C=O) groups excluding carboxylic acids is 1. The van der Waals surface area contributed by atoms with Gasteiger partial charge in [0.25, 0.3) is 5.91 Å². The molecule has 1 fully saturated rings. The minimum Gasteiger partial charge on any atom is -0.493 e. The van der Waals surface area contributed by atoms with Gasteiger partial charge in [0.1, 0.15) is 11.6 Å². The first-order valence-corrected chi connectivity index (χ1v) is 9.05. The van der Waals surface area contributed by atoms with Crippen LogP contribution in [-0.4, -0.2) is 19.1 Å². The first-order valence-electron chi connectivity index (χ1n) is 9.05. The number of hydrogen-bond acceptors (Lipinski definition) is 2. The third kappa shape index (κ3) is 2.13. The molecule has 0 saturated heterocycles. The van der Waals surface area contributed by atoms with E-state index in [2.05, 4.69) is 0 Å². The second kappa shape index (κ2) is 5.32. The standard InChI is InChI=1S/C21H20FNO2/c22-16-4-3-5-17-19(16)21(9-1-2-10-21)13-23(17)20(24)15-6-7-18-14(12-15)8-11-25-18/h3-7,12H,1-2,8-11,13H2. The number of anilines is 1. The molecular formula is C21H20FNO2. The molecule has 2 heterocycles. The lowest BCUT2D eigenvalue weighted by Crippen LogP contribution is -2.35.